The summed E-state index contributed by atoms with van der Waals surface area (Å²) in [6.07, 6.45) is 3.70. The summed E-state index contributed by atoms with van der Waals surface area (Å²) in [4.78, 5) is 2.44. The average molecular weight is 171 g/mol. The summed E-state index contributed by atoms with van der Waals surface area (Å²) in [5.41, 5.74) is 0. The first-order chi connectivity index (χ1) is 5.77. The summed E-state index contributed by atoms with van der Waals surface area (Å²) < 4.78 is 0. The van der Waals surface area contributed by atoms with E-state index in [4.69, 9.17) is 5.11 Å². The Morgan fingerprint density at radius 3 is 2.92 bits per heavy atom. The molecular formula is C10H21NO. The van der Waals surface area contributed by atoms with Crippen LogP contribution in [0.3, 0.4) is 0 Å². The van der Waals surface area contributed by atoms with Crippen LogP contribution in [-0.4, -0.2) is 35.7 Å². The zero-order valence-electron chi connectivity index (χ0n) is 8.29. The molecule has 0 aromatic rings. The van der Waals surface area contributed by atoms with Crippen LogP contribution in [-0.2, 0) is 0 Å². The van der Waals surface area contributed by atoms with Crippen molar-refractivity contribution in [1.29, 1.82) is 0 Å². The van der Waals surface area contributed by atoms with E-state index in [1.54, 1.807) is 0 Å². The van der Waals surface area contributed by atoms with E-state index in [1.807, 2.05) is 0 Å². The first-order valence-corrected chi connectivity index (χ1v) is 5.12. The van der Waals surface area contributed by atoms with E-state index in [0.29, 0.717) is 12.6 Å². The number of rotatable bonds is 4. The van der Waals surface area contributed by atoms with Crippen LogP contribution in [0.2, 0.25) is 0 Å². The second-order valence-corrected chi connectivity index (χ2v) is 3.99. The molecule has 2 atom stereocenters. The maximum Gasteiger partial charge on any atom is 0.0586 e. The van der Waals surface area contributed by atoms with Crippen molar-refractivity contribution in [3.63, 3.8) is 0 Å². The lowest BCUT2D eigenvalue weighted by atomic mass is 10.1. The quantitative estimate of drug-likeness (QED) is 0.692. The van der Waals surface area contributed by atoms with Gasteiger partial charge in [0.05, 0.1) is 6.61 Å². The molecule has 1 unspecified atom stereocenters. The number of aliphatic hydroxyl groups excluding tert-OH is 1. The molecule has 1 fully saturated rings. The summed E-state index contributed by atoms with van der Waals surface area (Å²) >= 11 is 0. The highest BCUT2D eigenvalue weighted by atomic mass is 16.3. The molecule has 0 aromatic carbocycles. The van der Waals surface area contributed by atoms with E-state index in [0.717, 1.165) is 5.92 Å². The van der Waals surface area contributed by atoms with Crippen LogP contribution >= 0.6 is 0 Å². The molecule has 0 spiro atoms. The smallest absolute Gasteiger partial charge is 0.0586 e. The molecule has 0 aliphatic carbocycles. The van der Waals surface area contributed by atoms with E-state index in [2.05, 4.69) is 18.7 Å². The molecule has 12 heavy (non-hydrogen) atoms. The fourth-order valence-corrected chi connectivity index (χ4v) is 1.87. The zero-order valence-corrected chi connectivity index (χ0v) is 8.29. The van der Waals surface area contributed by atoms with Gasteiger partial charge in [-0.3, -0.25) is 4.90 Å². The Kier molecular flexibility index (Phi) is 4.02. The molecule has 2 heteroatoms. The molecule has 2 nitrogen and oxygen atoms in total. The van der Waals surface area contributed by atoms with E-state index < -0.39 is 0 Å². The number of aliphatic hydroxyl groups is 1. The van der Waals surface area contributed by atoms with Gasteiger partial charge in [0.25, 0.3) is 0 Å². The molecule has 0 amide bonds. The first kappa shape index (κ1) is 10.0. The molecule has 0 bridgehead atoms. The van der Waals surface area contributed by atoms with Crippen LogP contribution in [0.15, 0.2) is 0 Å². The average Bonchev–Trinajstić information content (AvgIpc) is 2.51. The SMILES string of the molecule is CCC(C)CN1CCC[C@H]1CO. The maximum absolute atomic E-state index is 9.08. The highest BCUT2D eigenvalue weighted by Gasteiger charge is 2.24. The molecule has 1 rings (SSSR count). The Balaban J connectivity index is 2.30. The Bertz CT molecular complexity index is 127. The van der Waals surface area contributed by atoms with Crippen molar-refractivity contribution in [2.75, 3.05) is 19.7 Å². The van der Waals surface area contributed by atoms with Gasteiger partial charge in [-0.2, -0.15) is 0 Å². The van der Waals surface area contributed by atoms with Crippen LogP contribution in [0.25, 0.3) is 0 Å². The summed E-state index contributed by atoms with van der Waals surface area (Å²) in [5.74, 6) is 0.775. The van der Waals surface area contributed by atoms with Crippen molar-refractivity contribution in [2.24, 2.45) is 5.92 Å². The fraction of sp³-hybridized carbons (Fsp3) is 1.00. The van der Waals surface area contributed by atoms with Crippen LogP contribution < -0.4 is 0 Å². The van der Waals surface area contributed by atoms with Gasteiger partial charge in [0.15, 0.2) is 0 Å². The van der Waals surface area contributed by atoms with Crippen molar-refractivity contribution in [2.45, 2.75) is 39.2 Å². The first-order valence-electron chi connectivity index (χ1n) is 5.12. The van der Waals surface area contributed by atoms with Crippen molar-refractivity contribution in [3.8, 4) is 0 Å². The van der Waals surface area contributed by atoms with Gasteiger partial charge in [0.1, 0.15) is 0 Å². The van der Waals surface area contributed by atoms with Crippen molar-refractivity contribution < 1.29 is 5.11 Å². The lowest BCUT2D eigenvalue weighted by Gasteiger charge is -2.25. The van der Waals surface area contributed by atoms with Crippen molar-refractivity contribution in [3.05, 3.63) is 0 Å². The fourth-order valence-electron chi connectivity index (χ4n) is 1.87. The third kappa shape index (κ3) is 2.46. The second-order valence-electron chi connectivity index (χ2n) is 3.99. The molecule has 1 saturated heterocycles. The van der Waals surface area contributed by atoms with Gasteiger partial charge in [0, 0.05) is 12.6 Å². The third-order valence-electron chi connectivity index (χ3n) is 2.95. The number of likely N-dealkylation sites (tertiary alicyclic amines) is 1. The molecule has 0 aromatic heterocycles. The Labute approximate surface area is 75.6 Å². The predicted octanol–water partition coefficient (Wildman–Crippen LogP) is 1.49. The minimum absolute atomic E-state index is 0.344. The predicted molar refractivity (Wildman–Crippen MR) is 51.1 cm³/mol. The van der Waals surface area contributed by atoms with Gasteiger partial charge < -0.3 is 5.11 Å². The van der Waals surface area contributed by atoms with Gasteiger partial charge in [-0.1, -0.05) is 20.3 Å². The summed E-state index contributed by atoms with van der Waals surface area (Å²) in [6.45, 7) is 7.22. The standard InChI is InChI=1S/C10H21NO/c1-3-9(2)7-11-6-4-5-10(11)8-12/h9-10,12H,3-8H2,1-2H3/t9?,10-/m0/s1. The van der Waals surface area contributed by atoms with Crippen LogP contribution in [0.5, 0.6) is 0 Å². The third-order valence-corrected chi connectivity index (χ3v) is 2.95. The normalized spacial score (nSPS) is 27.8. The molecule has 1 aliphatic heterocycles. The van der Waals surface area contributed by atoms with Crippen molar-refractivity contribution >= 4 is 0 Å². The van der Waals surface area contributed by atoms with Crippen molar-refractivity contribution in [1.82, 2.24) is 4.90 Å². The Hall–Kier alpha value is -0.0800. The molecule has 0 saturated carbocycles. The molecule has 1 aliphatic rings. The van der Waals surface area contributed by atoms with Crippen LogP contribution in [0, 0.1) is 5.92 Å². The largest absolute Gasteiger partial charge is 0.395 e. The summed E-state index contributed by atoms with van der Waals surface area (Å²) in [7, 11) is 0. The molecule has 72 valence electrons. The summed E-state index contributed by atoms with van der Waals surface area (Å²) in [5, 5.41) is 9.08. The number of hydrogen-bond acceptors (Lipinski definition) is 2. The van der Waals surface area contributed by atoms with Gasteiger partial charge in [-0.05, 0) is 25.3 Å². The molecule has 1 heterocycles. The van der Waals surface area contributed by atoms with Crippen LogP contribution in [0.1, 0.15) is 33.1 Å². The molecule has 0 radical (unpaired) electrons. The molecule has 1 N–H and O–H groups in total. The van der Waals surface area contributed by atoms with Gasteiger partial charge in [-0.25, -0.2) is 0 Å². The van der Waals surface area contributed by atoms with Crippen LogP contribution in [0.4, 0.5) is 0 Å². The molecular weight excluding hydrogens is 150 g/mol. The van der Waals surface area contributed by atoms with E-state index in [1.165, 1.54) is 32.4 Å². The number of nitrogens with zero attached hydrogens (tertiary/aromatic N) is 1. The van der Waals surface area contributed by atoms with E-state index in [9.17, 15) is 0 Å². The minimum Gasteiger partial charge on any atom is -0.395 e. The van der Waals surface area contributed by atoms with Gasteiger partial charge in [0.2, 0.25) is 0 Å². The number of hydrogen-bond donors (Lipinski definition) is 1. The van der Waals surface area contributed by atoms with E-state index >= 15 is 0 Å². The highest BCUT2D eigenvalue weighted by Crippen LogP contribution is 2.18. The highest BCUT2D eigenvalue weighted by molar-refractivity contribution is 4.79. The monoisotopic (exact) mass is 171 g/mol. The topological polar surface area (TPSA) is 23.5 Å². The lowest BCUT2D eigenvalue weighted by Crippen LogP contribution is -2.35. The van der Waals surface area contributed by atoms with Gasteiger partial charge >= 0.3 is 0 Å². The Morgan fingerprint density at radius 2 is 2.33 bits per heavy atom. The lowest BCUT2D eigenvalue weighted by molar-refractivity contribution is 0.144. The summed E-state index contributed by atoms with van der Waals surface area (Å²) in [6, 6.07) is 0.457. The maximum atomic E-state index is 9.08. The van der Waals surface area contributed by atoms with E-state index in [-0.39, 0.29) is 0 Å². The van der Waals surface area contributed by atoms with Gasteiger partial charge in [-0.15, -0.1) is 0 Å². The zero-order chi connectivity index (χ0) is 8.97. The Morgan fingerprint density at radius 1 is 1.58 bits per heavy atom. The second kappa shape index (κ2) is 4.83. The minimum atomic E-state index is 0.344.